The molecule has 1 aliphatic rings. The third-order valence-electron chi connectivity index (χ3n) is 2.85. The van der Waals surface area contributed by atoms with Gasteiger partial charge in [0.1, 0.15) is 0 Å². The van der Waals surface area contributed by atoms with Crippen molar-refractivity contribution in [2.75, 3.05) is 23.9 Å². The lowest BCUT2D eigenvalue weighted by Gasteiger charge is -2.08. The SMILES string of the molecule is CSCCCCNc1nc(C)cn1C1CC1. The third kappa shape index (κ3) is 3.17. The van der Waals surface area contributed by atoms with Crippen LogP contribution in [0.15, 0.2) is 6.20 Å². The van der Waals surface area contributed by atoms with Gasteiger partial charge in [0.15, 0.2) is 0 Å². The van der Waals surface area contributed by atoms with E-state index in [0.717, 1.165) is 24.2 Å². The second kappa shape index (κ2) is 5.62. The molecule has 0 aliphatic heterocycles. The molecular weight excluding hydrogens is 218 g/mol. The zero-order chi connectivity index (χ0) is 11.4. The maximum atomic E-state index is 4.54. The molecule has 1 heterocycles. The van der Waals surface area contributed by atoms with Crippen LogP contribution in [0.25, 0.3) is 0 Å². The monoisotopic (exact) mass is 239 g/mol. The third-order valence-corrected chi connectivity index (χ3v) is 3.55. The zero-order valence-electron chi connectivity index (χ0n) is 10.2. The summed E-state index contributed by atoms with van der Waals surface area (Å²) in [7, 11) is 0. The minimum Gasteiger partial charge on any atom is -0.356 e. The highest BCUT2D eigenvalue weighted by molar-refractivity contribution is 7.98. The Morgan fingerprint density at radius 3 is 3.00 bits per heavy atom. The van der Waals surface area contributed by atoms with Crippen molar-refractivity contribution in [2.24, 2.45) is 0 Å². The molecule has 1 aromatic rings. The summed E-state index contributed by atoms with van der Waals surface area (Å²) in [6.45, 7) is 3.11. The molecule has 1 aromatic heterocycles. The van der Waals surface area contributed by atoms with E-state index in [-0.39, 0.29) is 0 Å². The second-order valence-corrected chi connectivity index (χ2v) is 5.46. The van der Waals surface area contributed by atoms with E-state index in [0.29, 0.717) is 0 Å². The zero-order valence-corrected chi connectivity index (χ0v) is 11.0. The largest absolute Gasteiger partial charge is 0.356 e. The molecule has 16 heavy (non-hydrogen) atoms. The molecule has 90 valence electrons. The molecule has 0 amide bonds. The number of nitrogens with one attached hydrogen (secondary N) is 1. The first kappa shape index (κ1) is 11.8. The van der Waals surface area contributed by atoms with Gasteiger partial charge in [-0.15, -0.1) is 0 Å². The van der Waals surface area contributed by atoms with Crippen molar-refractivity contribution in [2.45, 2.75) is 38.6 Å². The van der Waals surface area contributed by atoms with Gasteiger partial charge in [-0.25, -0.2) is 4.98 Å². The predicted molar refractivity (Wildman–Crippen MR) is 71.3 cm³/mol. The van der Waals surface area contributed by atoms with Gasteiger partial charge in [-0.1, -0.05) is 0 Å². The molecule has 3 nitrogen and oxygen atoms in total. The summed E-state index contributed by atoms with van der Waals surface area (Å²) >= 11 is 1.92. The smallest absolute Gasteiger partial charge is 0.203 e. The number of hydrogen-bond acceptors (Lipinski definition) is 3. The minimum absolute atomic E-state index is 0.717. The highest BCUT2D eigenvalue weighted by Gasteiger charge is 2.25. The van der Waals surface area contributed by atoms with Gasteiger partial charge < -0.3 is 9.88 Å². The highest BCUT2D eigenvalue weighted by atomic mass is 32.2. The Kier molecular flexibility index (Phi) is 4.16. The molecule has 0 unspecified atom stereocenters. The quantitative estimate of drug-likeness (QED) is 0.742. The van der Waals surface area contributed by atoms with Crippen LogP contribution in [0.2, 0.25) is 0 Å². The standard InChI is InChI=1S/C12H21N3S/c1-10-9-15(11-5-6-11)12(14-10)13-7-3-4-8-16-2/h9,11H,3-8H2,1-2H3,(H,13,14). The molecule has 1 aliphatic carbocycles. The number of unbranched alkanes of at least 4 members (excludes halogenated alkanes) is 1. The van der Waals surface area contributed by atoms with Gasteiger partial charge in [0.25, 0.3) is 0 Å². The number of thioether (sulfide) groups is 1. The first-order valence-corrected chi connectivity index (χ1v) is 7.49. The number of aryl methyl sites for hydroxylation is 1. The molecule has 0 atom stereocenters. The van der Waals surface area contributed by atoms with Crippen LogP contribution in [0.4, 0.5) is 5.95 Å². The van der Waals surface area contributed by atoms with E-state index < -0.39 is 0 Å². The first-order valence-electron chi connectivity index (χ1n) is 6.09. The Morgan fingerprint density at radius 1 is 1.50 bits per heavy atom. The van der Waals surface area contributed by atoms with E-state index in [4.69, 9.17) is 0 Å². The van der Waals surface area contributed by atoms with Gasteiger partial charge in [-0.05, 0) is 44.6 Å². The fraction of sp³-hybridized carbons (Fsp3) is 0.750. The highest BCUT2D eigenvalue weighted by Crippen LogP contribution is 2.37. The molecule has 0 bridgehead atoms. The van der Waals surface area contributed by atoms with Crippen molar-refractivity contribution in [1.29, 1.82) is 0 Å². The summed E-state index contributed by atoms with van der Waals surface area (Å²) in [5, 5.41) is 3.46. The van der Waals surface area contributed by atoms with Crippen LogP contribution in [0, 0.1) is 6.92 Å². The Labute approximate surface area is 102 Å². The van der Waals surface area contributed by atoms with Crippen molar-refractivity contribution in [3.05, 3.63) is 11.9 Å². The van der Waals surface area contributed by atoms with Crippen molar-refractivity contribution in [3.63, 3.8) is 0 Å². The molecule has 0 spiro atoms. The van der Waals surface area contributed by atoms with E-state index in [1.54, 1.807) is 0 Å². The number of nitrogens with zero attached hydrogens (tertiary/aromatic N) is 2. The van der Waals surface area contributed by atoms with E-state index in [1.807, 2.05) is 11.8 Å². The lowest BCUT2D eigenvalue weighted by molar-refractivity contribution is 0.735. The fourth-order valence-electron chi connectivity index (χ4n) is 1.85. The molecule has 1 saturated carbocycles. The lowest BCUT2D eigenvalue weighted by atomic mass is 10.3. The lowest BCUT2D eigenvalue weighted by Crippen LogP contribution is -2.08. The van der Waals surface area contributed by atoms with Crippen molar-refractivity contribution in [1.82, 2.24) is 9.55 Å². The molecule has 4 heteroatoms. The van der Waals surface area contributed by atoms with Crippen LogP contribution in [0.1, 0.15) is 37.4 Å². The van der Waals surface area contributed by atoms with Crippen molar-refractivity contribution >= 4 is 17.7 Å². The van der Waals surface area contributed by atoms with Crippen molar-refractivity contribution in [3.8, 4) is 0 Å². The summed E-state index contributed by atoms with van der Waals surface area (Å²) in [5.74, 6) is 2.33. The normalized spacial score (nSPS) is 15.4. The minimum atomic E-state index is 0.717. The first-order chi connectivity index (χ1) is 7.81. The number of hydrogen-bond donors (Lipinski definition) is 1. The second-order valence-electron chi connectivity index (χ2n) is 4.47. The van der Waals surface area contributed by atoms with Gasteiger partial charge in [0, 0.05) is 18.8 Å². The average molecular weight is 239 g/mol. The maximum Gasteiger partial charge on any atom is 0.203 e. The fourth-order valence-corrected chi connectivity index (χ4v) is 2.34. The number of aromatic nitrogens is 2. The van der Waals surface area contributed by atoms with Gasteiger partial charge in [-0.3, -0.25) is 0 Å². The molecular formula is C12H21N3S. The number of anilines is 1. The molecule has 0 aromatic carbocycles. The van der Waals surface area contributed by atoms with Gasteiger partial charge in [0.05, 0.1) is 5.69 Å². The van der Waals surface area contributed by atoms with E-state index in [2.05, 4.69) is 34.2 Å². The Balaban J connectivity index is 1.79. The van der Waals surface area contributed by atoms with Crippen LogP contribution in [-0.2, 0) is 0 Å². The van der Waals surface area contributed by atoms with Gasteiger partial charge in [0.2, 0.25) is 5.95 Å². The van der Waals surface area contributed by atoms with Gasteiger partial charge in [-0.2, -0.15) is 11.8 Å². The van der Waals surface area contributed by atoms with Crippen LogP contribution < -0.4 is 5.32 Å². The average Bonchev–Trinajstić information content (AvgIpc) is 3.03. The van der Waals surface area contributed by atoms with Crippen molar-refractivity contribution < 1.29 is 0 Å². The van der Waals surface area contributed by atoms with Crippen LogP contribution in [0.3, 0.4) is 0 Å². The number of rotatable bonds is 7. The molecule has 0 radical (unpaired) electrons. The number of imidazole rings is 1. The summed E-state index contributed by atoms with van der Waals surface area (Å²) in [6.07, 6.45) is 9.49. The predicted octanol–water partition coefficient (Wildman–Crippen LogP) is 3.08. The summed E-state index contributed by atoms with van der Waals surface area (Å²) in [4.78, 5) is 4.54. The molecule has 1 N–H and O–H groups in total. The van der Waals surface area contributed by atoms with E-state index in [9.17, 15) is 0 Å². The van der Waals surface area contributed by atoms with E-state index in [1.165, 1.54) is 31.4 Å². The topological polar surface area (TPSA) is 29.9 Å². The Bertz CT molecular complexity index is 331. The summed E-state index contributed by atoms with van der Waals surface area (Å²) in [6, 6.07) is 0.717. The maximum absolute atomic E-state index is 4.54. The van der Waals surface area contributed by atoms with E-state index >= 15 is 0 Å². The molecule has 2 rings (SSSR count). The summed E-state index contributed by atoms with van der Waals surface area (Å²) < 4.78 is 2.31. The van der Waals surface area contributed by atoms with Crippen LogP contribution in [0.5, 0.6) is 0 Å². The molecule has 0 saturated heterocycles. The van der Waals surface area contributed by atoms with Crippen LogP contribution in [-0.4, -0.2) is 28.1 Å². The Morgan fingerprint density at radius 2 is 2.31 bits per heavy atom. The molecule has 1 fully saturated rings. The Hall–Kier alpha value is -0.640. The van der Waals surface area contributed by atoms with Gasteiger partial charge >= 0.3 is 0 Å². The summed E-state index contributed by atoms with van der Waals surface area (Å²) in [5.41, 5.74) is 1.12. The van der Waals surface area contributed by atoms with Crippen LogP contribution >= 0.6 is 11.8 Å².